The first kappa shape index (κ1) is 26.4. The molecule has 182 valence electrons. The Kier molecular flexibility index (Phi) is 9.38. The van der Waals surface area contributed by atoms with Gasteiger partial charge in [0, 0.05) is 5.54 Å². The molecule has 0 radical (unpaired) electrons. The highest BCUT2D eigenvalue weighted by molar-refractivity contribution is 7.85. The Morgan fingerprint density at radius 2 is 1.06 bits per heavy atom. The third-order valence-corrected chi connectivity index (χ3v) is 6.74. The molecule has 0 heterocycles. The Morgan fingerprint density at radius 1 is 0.657 bits per heavy atom. The van der Waals surface area contributed by atoms with Crippen LogP contribution in [0.4, 0.5) is 0 Å². The van der Waals surface area contributed by atoms with Gasteiger partial charge in [-0.15, -0.1) is 0 Å². The second-order valence-electron chi connectivity index (χ2n) is 8.96. The molecule has 0 saturated heterocycles. The minimum absolute atomic E-state index is 0.0666. The summed E-state index contributed by atoms with van der Waals surface area (Å²) < 4.78 is 29.6. The summed E-state index contributed by atoms with van der Waals surface area (Å²) in [5.74, 6) is 0. The zero-order chi connectivity index (χ0) is 25.2. The fourth-order valence-corrected chi connectivity index (χ4v) is 4.47. The lowest BCUT2D eigenvalue weighted by Crippen LogP contribution is -2.44. The largest absolute Gasteiger partial charge is 0.324 e. The highest BCUT2D eigenvalue weighted by atomic mass is 32.2. The Bertz CT molecular complexity index is 1220. The Balaban J connectivity index is 0.000000261. The molecular weight excluding hydrogens is 454 g/mol. The molecule has 3 N–H and O–H groups in total. The molecule has 0 amide bonds. The van der Waals surface area contributed by atoms with Crippen LogP contribution in [0.5, 0.6) is 0 Å². The maximum Gasteiger partial charge on any atom is 0.294 e. The molecule has 0 aliphatic rings. The van der Waals surface area contributed by atoms with E-state index in [1.54, 1.807) is 12.1 Å². The molecule has 0 spiro atoms. The molecule has 5 heteroatoms. The number of rotatable bonds is 8. The molecule has 35 heavy (non-hydrogen) atoms. The van der Waals surface area contributed by atoms with Gasteiger partial charge in [-0.3, -0.25) is 4.55 Å². The second-order valence-corrected chi connectivity index (χ2v) is 10.4. The van der Waals surface area contributed by atoms with Gasteiger partial charge in [0.25, 0.3) is 10.1 Å². The van der Waals surface area contributed by atoms with E-state index in [0.29, 0.717) is 0 Å². The van der Waals surface area contributed by atoms with Crippen molar-refractivity contribution in [3.63, 3.8) is 0 Å². The van der Waals surface area contributed by atoms with Crippen molar-refractivity contribution < 1.29 is 13.0 Å². The first-order valence-corrected chi connectivity index (χ1v) is 13.1. The molecule has 4 rings (SSSR count). The van der Waals surface area contributed by atoms with Crippen LogP contribution >= 0.6 is 0 Å². The van der Waals surface area contributed by atoms with E-state index < -0.39 is 10.1 Å². The summed E-state index contributed by atoms with van der Waals surface area (Å²) in [6.07, 6.45) is 3.78. The van der Waals surface area contributed by atoms with Crippen molar-refractivity contribution >= 4 is 10.1 Å². The zero-order valence-corrected chi connectivity index (χ0v) is 20.9. The maximum atomic E-state index is 10.5. The summed E-state index contributed by atoms with van der Waals surface area (Å²) >= 11 is 0. The molecule has 4 nitrogen and oxygen atoms in total. The minimum atomic E-state index is -4.02. The SMILES string of the molecule is Cc1ccc(S(=O)(=O)O)cc1.NC(CCc1ccccc1)(Cc1ccccc1)Cc1ccccc1. The van der Waals surface area contributed by atoms with Crippen molar-refractivity contribution in [2.75, 3.05) is 0 Å². The predicted octanol–water partition coefficient (Wildman–Crippen LogP) is 6.04. The number of hydrogen-bond donors (Lipinski definition) is 2. The third kappa shape index (κ3) is 9.13. The van der Waals surface area contributed by atoms with Crippen molar-refractivity contribution in [2.45, 2.75) is 43.0 Å². The fourth-order valence-electron chi connectivity index (χ4n) is 3.99. The Hall–Kier alpha value is -3.25. The van der Waals surface area contributed by atoms with Crippen molar-refractivity contribution in [2.24, 2.45) is 5.73 Å². The molecule has 4 aromatic carbocycles. The van der Waals surface area contributed by atoms with Gasteiger partial charge in [-0.2, -0.15) is 8.42 Å². The molecule has 0 atom stereocenters. The van der Waals surface area contributed by atoms with Gasteiger partial charge in [0.05, 0.1) is 4.90 Å². The first-order chi connectivity index (χ1) is 16.7. The summed E-state index contributed by atoms with van der Waals surface area (Å²) in [5, 5.41) is 0. The van der Waals surface area contributed by atoms with Crippen molar-refractivity contribution in [3.05, 3.63) is 138 Å². The van der Waals surface area contributed by atoms with Crippen LogP contribution < -0.4 is 5.73 Å². The second kappa shape index (κ2) is 12.5. The first-order valence-electron chi connectivity index (χ1n) is 11.7. The Morgan fingerprint density at radius 3 is 1.46 bits per heavy atom. The van der Waals surface area contributed by atoms with Crippen LogP contribution in [-0.2, 0) is 29.4 Å². The summed E-state index contributed by atoms with van der Waals surface area (Å²) in [7, 11) is -4.02. The highest BCUT2D eigenvalue weighted by Gasteiger charge is 2.25. The normalized spacial score (nSPS) is 11.4. The van der Waals surface area contributed by atoms with Gasteiger partial charge < -0.3 is 5.73 Å². The van der Waals surface area contributed by atoms with Crippen molar-refractivity contribution in [3.8, 4) is 0 Å². The molecule has 4 aromatic rings. The summed E-state index contributed by atoms with van der Waals surface area (Å²) in [6, 6.07) is 37.8. The van der Waals surface area contributed by atoms with Crippen LogP contribution in [0.2, 0.25) is 0 Å². The number of benzene rings is 4. The van der Waals surface area contributed by atoms with Gasteiger partial charge >= 0.3 is 0 Å². The van der Waals surface area contributed by atoms with Crippen LogP contribution in [0.1, 0.15) is 28.7 Å². The van der Waals surface area contributed by atoms with Gasteiger partial charge in [0.1, 0.15) is 0 Å². The van der Waals surface area contributed by atoms with E-state index in [0.717, 1.165) is 31.2 Å². The number of aryl methyl sites for hydroxylation is 2. The lowest BCUT2D eigenvalue weighted by atomic mass is 9.81. The quantitative estimate of drug-likeness (QED) is 0.297. The highest BCUT2D eigenvalue weighted by Crippen LogP contribution is 2.23. The Labute approximate surface area is 209 Å². The van der Waals surface area contributed by atoms with E-state index in [2.05, 4.69) is 91.0 Å². The molecule has 0 bridgehead atoms. The van der Waals surface area contributed by atoms with Crippen LogP contribution in [-0.4, -0.2) is 18.5 Å². The maximum absolute atomic E-state index is 10.5. The molecule has 0 aromatic heterocycles. The molecule has 0 fully saturated rings. The van der Waals surface area contributed by atoms with Gasteiger partial charge in [0.15, 0.2) is 0 Å². The lowest BCUT2D eigenvalue weighted by molar-refractivity contribution is 0.387. The van der Waals surface area contributed by atoms with Crippen molar-refractivity contribution in [1.82, 2.24) is 0 Å². The summed E-state index contributed by atoms with van der Waals surface area (Å²) in [6.45, 7) is 1.84. The predicted molar refractivity (Wildman–Crippen MR) is 143 cm³/mol. The monoisotopic (exact) mass is 487 g/mol. The average Bonchev–Trinajstić information content (AvgIpc) is 2.85. The van der Waals surface area contributed by atoms with Gasteiger partial charge in [0.2, 0.25) is 0 Å². The van der Waals surface area contributed by atoms with E-state index in [1.807, 2.05) is 6.92 Å². The summed E-state index contributed by atoms with van der Waals surface area (Å²) in [5.41, 5.74) is 11.6. The standard InChI is InChI=1S/C23H25N.C7H8O3S/c24-23(18-21-12-6-2-7-13-21,19-22-14-8-3-9-15-22)17-16-20-10-4-1-5-11-20;1-6-2-4-7(5-3-6)11(8,9)10/h1-15H,16-19,24H2;2-5H,1H3,(H,8,9,10). The molecule has 0 aliphatic carbocycles. The zero-order valence-electron chi connectivity index (χ0n) is 20.0. The van der Waals surface area contributed by atoms with Crippen molar-refractivity contribution in [1.29, 1.82) is 0 Å². The van der Waals surface area contributed by atoms with Gasteiger partial charge in [-0.25, -0.2) is 0 Å². The van der Waals surface area contributed by atoms with Gasteiger partial charge in [-0.1, -0.05) is 109 Å². The van der Waals surface area contributed by atoms with Crippen LogP contribution in [0.3, 0.4) is 0 Å². The van der Waals surface area contributed by atoms with Crippen LogP contribution in [0, 0.1) is 6.92 Å². The van der Waals surface area contributed by atoms with E-state index in [4.69, 9.17) is 10.3 Å². The van der Waals surface area contributed by atoms with E-state index in [1.165, 1.54) is 28.8 Å². The number of hydrogen-bond acceptors (Lipinski definition) is 3. The minimum Gasteiger partial charge on any atom is -0.324 e. The van der Waals surface area contributed by atoms with Crippen LogP contribution in [0.15, 0.2) is 120 Å². The van der Waals surface area contributed by atoms with E-state index >= 15 is 0 Å². The topological polar surface area (TPSA) is 80.4 Å². The van der Waals surface area contributed by atoms with Gasteiger partial charge in [-0.05, 0) is 61.4 Å². The number of nitrogens with two attached hydrogens (primary N) is 1. The molecule has 0 saturated carbocycles. The van der Waals surface area contributed by atoms with E-state index in [-0.39, 0.29) is 10.4 Å². The average molecular weight is 488 g/mol. The molecule has 0 unspecified atom stereocenters. The third-order valence-electron chi connectivity index (χ3n) is 5.87. The molecular formula is C30H33NO3S. The smallest absolute Gasteiger partial charge is 0.294 e. The van der Waals surface area contributed by atoms with E-state index in [9.17, 15) is 8.42 Å². The fraction of sp³-hybridized carbons (Fsp3) is 0.200. The summed E-state index contributed by atoms with van der Waals surface area (Å²) in [4.78, 5) is -0.0666. The molecule has 0 aliphatic heterocycles. The lowest BCUT2D eigenvalue weighted by Gasteiger charge is -2.30. The van der Waals surface area contributed by atoms with Crippen LogP contribution in [0.25, 0.3) is 0 Å².